The third-order valence-corrected chi connectivity index (χ3v) is 2.19. The van der Waals surface area contributed by atoms with E-state index >= 15 is 0 Å². The van der Waals surface area contributed by atoms with E-state index in [-0.39, 0.29) is 35.5 Å². The molecule has 1 amide bonds. The van der Waals surface area contributed by atoms with E-state index < -0.39 is 5.97 Å². The van der Waals surface area contributed by atoms with Gasteiger partial charge in [-0.25, -0.2) is 4.79 Å². The van der Waals surface area contributed by atoms with Gasteiger partial charge in [0.05, 0.1) is 17.8 Å². The average molecular weight is 252 g/mol. The first-order chi connectivity index (χ1) is 8.40. The molecule has 0 bridgehead atoms. The molecule has 0 unspecified atom stereocenters. The zero-order valence-electron chi connectivity index (χ0n) is 10.2. The van der Waals surface area contributed by atoms with Crippen molar-refractivity contribution in [3.8, 4) is 5.75 Å². The van der Waals surface area contributed by atoms with Crippen LogP contribution in [-0.2, 0) is 4.79 Å². The van der Waals surface area contributed by atoms with Crippen molar-refractivity contribution in [1.82, 2.24) is 5.32 Å². The number of phenolic OH excluding ortho intramolecular Hbond substituents is 1. The fraction of sp³-hybridized carbons (Fsp3) is 0.333. The van der Waals surface area contributed by atoms with E-state index in [1.165, 1.54) is 18.2 Å². The molecule has 0 fully saturated rings. The topological polar surface area (TPSA) is 98.7 Å². The first kappa shape index (κ1) is 14.0. The van der Waals surface area contributed by atoms with Gasteiger partial charge in [-0.3, -0.25) is 4.79 Å². The monoisotopic (exact) mass is 252 g/mol. The van der Waals surface area contributed by atoms with Crippen LogP contribution < -0.4 is 10.6 Å². The second-order valence-electron chi connectivity index (χ2n) is 4.12. The Morgan fingerprint density at radius 1 is 1.33 bits per heavy atom. The Morgan fingerprint density at radius 2 is 2.00 bits per heavy atom. The Bertz CT molecular complexity index is 457. The molecule has 0 saturated heterocycles. The van der Waals surface area contributed by atoms with E-state index in [2.05, 4.69) is 10.6 Å². The van der Waals surface area contributed by atoms with Crippen LogP contribution in [0.25, 0.3) is 0 Å². The van der Waals surface area contributed by atoms with Gasteiger partial charge in [0.15, 0.2) is 0 Å². The van der Waals surface area contributed by atoms with Crippen molar-refractivity contribution in [3.05, 3.63) is 23.8 Å². The molecule has 0 saturated carbocycles. The molecule has 0 heterocycles. The molecule has 0 aliphatic carbocycles. The molecule has 1 rings (SSSR count). The maximum atomic E-state index is 11.5. The minimum absolute atomic E-state index is 0.0000752. The predicted molar refractivity (Wildman–Crippen MR) is 66.8 cm³/mol. The molecule has 6 heteroatoms. The lowest BCUT2D eigenvalue weighted by Crippen LogP contribution is -2.32. The Labute approximate surface area is 105 Å². The number of hydrogen-bond acceptors (Lipinski definition) is 4. The standard InChI is InChI=1S/C12H16N2O4/c1-7(2)13-6-11(16)14-9-5-8(12(17)18)3-4-10(9)15/h3-5,7,13,15H,6H2,1-2H3,(H,14,16)(H,17,18). The van der Waals surface area contributed by atoms with Crippen molar-refractivity contribution in [1.29, 1.82) is 0 Å². The normalized spacial score (nSPS) is 10.4. The number of aromatic hydroxyl groups is 1. The minimum atomic E-state index is -1.12. The Hall–Kier alpha value is -2.08. The molecule has 0 aliphatic heterocycles. The van der Waals surface area contributed by atoms with Gasteiger partial charge in [0.25, 0.3) is 0 Å². The van der Waals surface area contributed by atoms with Crippen LogP contribution in [0.3, 0.4) is 0 Å². The molecule has 6 nitrogen and oxygen atoms in total. The molecular formula is C12H16N2O4. The summed E-state index contributed by atoms with van der Waals surface area (Å²) < 4.78 is 0. The van der Waals surface area contributed by atoms with Crippen molar-refractivity contribution in [2.45, 2.75) is 19.9 Å². The second kappa shape index (κ2) is 6.02. The lowest BCUT2D eigenvalue weighted by Gasteiger charge is -2.10. The van der Waals surface area contributed by atoms with E-state index in [9.17, 15) is 14.7 Å². The predicted octanol–water partition coefficient (Wildman–Crippen LogP) is 1.03. The molecule has 98 valence electrons. The quantitative estimate of drug-likeness (QED) is 0.587. The molecule has 18 heavy (non-hydrogen) atoms. The number of carbonyl (C=O) groups excluding carboxylic acids is 1. The van der Waals surface area contributed by atoms with Crippen LogP contribution in [0.5, 0.6) is 5.75 Å². The van der Waals surface area contributed by atoms with E-state index in [0.29, 0.717) is 0 Å². The maximum absolute atomic E-state index is 11.5. The summed E-state index contributed by atoms with van der Waals surface area (Å²) in [5.41, 5.74) is 0.0883. The molecule has 0 spiro atoms. The minimum Gasteiger partial charge on any atom is -0.506 e. The largest absolute Gasteiger partial charge is 0.506 e. The van der Waals surface area contributed by atoms with Gasteiger partial charge in [-0.05, 0) is 18.2 Å². The Kier molecular flexibility index (Phi) is 4.67. The van der Waals surface area contributed by atoms with Crippen molar-refractivity contribution in [2.75, 3.05) is 11.9 Å². The first-order valence-electron chi connectivity index (χ1n) is 5.49. The Balaban J connectivity index is 2.74. The number of hydrogen-bond donors (Lipinski definition) is 4. The lowest BCUT2D eigenvalue weighted by molar-refractivity contribution is -0.115. The number of amides is 1. The number of nitrogens with one attached hydrogen (secondary N) is 2. The highest BCUT2D eigenvalue weighted by atomic mass is 16.4. The number of benzene rings is 1. The molecule has 0 radical (unpaired) electrons. The number of carbonyl (C=O) groups is 2. The van der Waals surface area contributed by atoms with Crippen molar-refractivity contribution < 1.29 is 19.8 Å². The molecule has 4 N–H and O–H groups in total. The Morgan fingerprint density at radius 3 is 2.56 bits per heavy atom. The highest BCUT2D eigenvalue weighted by Gasteiger charge is 2.10. The highest BCUT2D eigenvalue weighted by molar-refractivity contribution is 5.96. The maximum Gasteiger partial charge on any atom is 0.335 e. The summed E-state index contributed by atoms with van der Waals surface area (Å²) in [7, 11) is 0. The summed E-state index contributed by atoms with van der Waals surface area (Å²) in [6.45, 7) is 3.89. The molecule has 0 aromatic heterocycles. The zero-order valence-corrected chi connectivity index (χ0v) is 10.2. The van der Waals surface area contributed by atoms with Gasteiger partial charge in [0.1, 0.15) is 5.75 Å². The van der Waals surface area contributed by atoms with Crippen LogP contribution in [-0.4, -0.2) is 34.7 Å². The third-order valence-electron chi connectivity index (χ3n) is 2.19. The third kappa shape index (κ3) is 4.06. The molecule has 1 aromatic carbocycles. The smallest absolute Gasteiger partial charge is 0.335 e. The van der Waals surface area contributed by atoms with Gasteiger partial charge in [-0.15, -0.1) is 0 Å². The van der Waals surface area contributed by atoms with E-state index in [4.69, 9.17) is 5.11 Å². The molecule has 0 atom stereocenters. The van der Waals surface area contributed by atoms with E-state index in [0.717, 1.165) is 0 Å². The van der Waals surface area contributed by atoms with Crippen LogP contribution in [0.15, 0.2) is 18.2 Å². The average Bonchev–Trinajstić information content (AvgIpc) is 2.29. The van der Waals surface area contributed by atoms with Crippen molar-refractivity contribution >= 4 is 17.6 Å². The van der Waals surface area contributed by atoms with Crippen LogP contribution >= 0.6 is 0 Å². The summed E-state index contributed by atoms with van der Waals surface area (Å²) in [4.78, 5) is 22.3. The van der Waals surface area contributed by atoms with Crippen LogP contribution in [0.4, 0.5) is 5.69 Å². The van der Waals surface area contributed by atoms with Gasteiger partial charge in [-0.1, -0.05) is 13.8 Å². The lowest BCUT2D eigenvalue weighted by atomic mass is 10.2. The van der Waals surface area contributed by atoms with E-state index in [1.807, 2.05) is 13.8 Å². The van der Waals surface area contributed by atoms with Crippen molar-refractivity contribution in [3.63, 3.8) is 0 Å². The van der Waals surface area contributed by atoms with Crippen LogP contribution in [0.2, 0.25) is 0 Å². The van der Waals surface area contributed by atoms with Crippen LogP contribution in [0, 0.1) is 0 Å². The molecular weight excluding hydrogens is 236 g/mol. The number of carboxylic acid groups (broad SMARTS) is 1. The SMILES string of the molecule is CC(C)NCC(=O)Nc1cc(C(=O)O)ccc1O. The first-order valence-corrected chi connectivity index (χ1v) is 5.49. The number of rotatable bonds is 5. The number of phenols is 1. The fourth-order valence-electron chi connectivity index (χ4n) is 1.26. The number of anilines is 1. The second-order valence-corrected chi connectivity index (χ2v) is 4.12. The van der Waals surface area contributed by atoms with E-state index in [1.54, 1.807) is 0 Å². The number of aromatic carboxylic acids is 1. The summed E-state index contributed by atoms with van der Waals surface area (Å²) in [5.74, 6) is -1.63. The van der Waals surface area contributed by atoms with Gasteiger partial charge in [0, 0.05) is 6.04 Å². The molecule has 1 aromatic rings. The van der Waals surface area contributed by atoms with Crippen LogP contribution in [0.1, 0.15) is 24.2 Å². The summed E-state index contributed by atoms with van der Waals surface area (Å²) >= 11 is 0. The number of carboxylic acids is 1. The molecule has 0 aliphatic rings. The van der Waals surface area contributed by atoms with Gasteiger partial charge in [0.2, 0.25) is 5.91 Å². The van der Waals surface area contributed by atoms with Crippen molar-refractivity contribution in [2.24, 2.45) is 0 Å². The zero-order chi connectivity index (χ0) is 13.7. The van der Waals surface area contributed by atoms with Gasteiger partial charge >= 0.3 is 5.97 Å². The van der Waals surface area contributed by atoms with Gasteiger partial charge < -0.3 is 20.8 Å². The summed E-state index contributed by atoms with van der Waals surface area (Å²) in [6.07, 6.45) is 0. The van der Waals surface area contributed by atoms with Gasteiger partial charge in [-0.2, -0.15) is 0 Å². The summed E-state index contributed by atoms with van der Waals surface area (Å²) in [5, 5.41) is 23.7. The fourth-order valence-corrected chi connectivity index (χ4v) is 1.26. The summed E-state index contributed by atoms with van der Waals surface area (Å²) in [6, 6.07) is 3.87. The highest BCUT2D eigenvalue weighted by Crippen LogP contribution is 2.24.